The number of carboxylic acid groups (broad SMARTS) is 1. The fourth-order valence-electron chi connectivity index (χ4n) is 4.03. The molecule has 4 heterocycles. The second-order valence-corrected chi connectivity index (χ2v) is 12.7. The molecule has 0 saturated carbocycles. The number of carbonyl (C=O) groups is 2. The molecule has 2 N–H and O–H groups in total. The standard InChI is InChI=1S/C13H19F3N4O4S.C8H7BrF3N3O2/c1-12(2,3)24-11(21)19-5-6-20-8(7-19)9(18-25(4,22)23)17-10(20)13(14,15)16;9-5-4-3-14(7(16)17)1-2-15(4)6(13-5)8(10,11)12/h18H,5-7H2,1-4H3;1-3H2,(H,16,17). The Morgan fingerprint density at radius 2 is 1.36 bits per heavy atom. The van der Waals surface area contributed by atoms with Gasteiger partial charge in [0.05, 0.1) is 30.7 Å². The number of rotatable bonds is 2. The fourth-order valence-corrected chi connectivity index (χ4v) is 5.05. The van der Waals surface area contributed by atoms with Gasteiger partial charge in [0.1, 0.15) is 10.2 Å². The van der Waals surface area contributed by atoms with Gasteiger partial charge in [0, 0.05) is 26.2 Å². The average molecular weight is 698 g/mol. The van der Waals surface area contributed by atoms with Gasteiger partial charge in [-0.15, -0.1) is 0 Å². The van der Waals surface area contributed by atoms with Crippen molar-refractivity contribution in [1.82, 2.24) is 28.9 Å². The van der Waals surface area contributed by atoms with Crippen LogP contribution < -0.4 is 4.72 Å². The fraction of sp³-hybridized carbons (Fsp3) is 0.619. The van der Waals surface area contributed by atoms with Crippen molar-refractivity contribution in [3.8, 4) is 0 Å². The summed E-state index contributed by atoms with van der Waals surface area (Å²) in [5.74, 6) is -2.65. The molecular weight excluding hydrogens is 672 g/mol. The molecule has 21 heteroatoms. The van der Waals surface area contributed by atoms with E-state index in [2.05, 4.69) is 25.9 Å². The van der Waals surface area contributed by atoms with E-state index in [1.165, 1.54) is 4.90 Å². The van der Waals surface area contributed by atoms with Crippen LogP contribution in [0.4, 0.5) is 41.7 Å². The van der Waals surface area contributed by atoms with Crippen molar-refractivity contribution >= 4 is 44.0 Å². The summed E-state index contributed by atoms with van der Waals surface area (Å²) in [6.45, 7) is 4.42. The molecule has 2 aliphatic rings. The lowest BCUT2D eigenvalue weighted by Gasteiger charge is -2.31. The third kappa shape index (κ3) is 7.98. The molecule has 0 bridgehead atoms. The Morgan fingerprint density at radius 1 is 0.881 bits per heavy atom. The van der Waals surface area contributed by atoms with Crippen LogP contribution in [-0.4, -0.2) is 79.6 Å². The van der Waals surface area contributed by atoms with Crippen molar-refractivity contribution in [3.05, 3.63) is 27.6 Å². The molecule has 0 spiro atoms. The maximum Gasteiger partial charge on any atom is 0.449 e. The molecular formula is C21H26BrF6N7O6S. The minimum absolute atomic E-state index is 0.0142. The number of alkyl halides is 6. The van der Waals surface area contributed by atoms with Crippen LogP contribution >= 0.6 is 15.9 Å². The quantitative estimate of drug-likeness (QED) is 0.444. The Kier molecular flexibility index (Phi) is 9.07. The van der Waals surface area contributed by atoms with Crippen molar-refractivity contribution in [1.29, 1.82) is 0 Å². The molecule has 0 saturated heterocycles. The summed E-state index contributed by atoms with van der Waals surface area (Å²) in [4.78, 5) is 31.9. The summed E-state index contributed by atoms with van der Waals surface area (Å²) >= 11 is 2.92. The zero-order chi connectivity index (χ0) is 32.0. The normalized spacial score (nSPS) is 15.8. The molecule has 2 aromatic heterocycles. The summed E-state index contributed by atoms with van der Waals surface area (Å²) in [6.07, 6.45) is -10.3. The number of nitrogens with one attached hydrogen (secondary N) is 1. The first-order valence-electron chi connectivity index (χ1n) is 11.9. The number of imidazole rings is 2. The first kappa shape index (κ1) is 33.3. The van der Waals surface area contributed by atoms with Crippen LogP contribution in [0.5, 0.6) is 0 Å². The van der Waals surface area contributed by atoms with E-state index in [1.807, 2.05) is 4.72 Å². The molecule has 2 aliphatic heterocycles. The maximum absolute atomic E-state index is 13.1. The van der Waals surface area contributed by atoms with Crippen LogP contribution in [0.1, 0.15) is 43.8 Å². The molecule has 0 aromatic carbocycles. The van der Waals surface area contributed by atoms with E-state index in [4.69, 9.17) is 9.84 Å². The minimum Gasteiger partial charge on any atom is -0.465 e. The summed E-state index contributed by atoms with van der Waals surface area (Å²) in [5.41, 5.74) is -0.583. The van der Waals surface area contributed by atoms with Crippen LogP contribution in [0, 0.1) is 0 Å². The number of fused-ring (bicyclic) bond motifs is 2. The Hall–Kier alpha value is -3.23. The van der Waals surface area contributed by atoms with Crippen molar-refractivity contribution in [3.63, 3.8) is 0 Å². The smallest absolute Gasteiger partial charge is 0.449 e. The second-order valence-electron chi connectivity index (χ2n) is 10.2. The molecule has 236 valence electrons. The zero-order valence-electron chi connectivity index (χ0n) is 22.5. The van der Waals surface area contributed by atoms with E-state index in [0.717, 1.165) is 20.3 Å². The Bertz CT molecular complexity index is 1470. The summed E-state index contributed by atoms with van der Waals surface area (Å²) < 4.78 is 109. The number of ether oxygens (including phenoxy) is 1. The minimum atomic E-state index is -4.75. The van der Waals surface area contributed by atoms with Crippen LogP contribution in [0.25, 0.3) is 0 Å². The largest absolute Gasteiger partial charge is 0.465 e. The number of carbonyl (C=O) groups excluding carboxylic acids is 1. The van der Waals surface area contributed by atoms with Gasteiger partial charge >= 0.3 is 24.5 Å². The molecule has 0 unspecified atom stereocenters. The lowest BCUT2D eigenvalue weighted by Crippen LogP contribution is -2.42. The van der Waals surface area contributed by atoms with Gasteiger partial charge < -0.3 is 28.8 Å². The van der Waals surface area contributed by atoms with Gasteiger partial charge in [-0.2, -0.15) is 26.3 Å². The van der Waals surface area contributed by atoms with Gasteiger partial charge in [-0.3, -0.25) is 4.72 Å². The number of aromatic nitrogens is 4. The molecule has 2 amide bonds. The molecule has 0 aliphatic carbocycles. The first-order valence-corrected chi connectivity index (χ1v) is 14.6. The SMILES string of the molecule is CC(C)(C)OC(=O)N1CCn2c(C(F)(F)F)nc(NS(C)(=O)=O)c2C1.O=C(O)N1CCn2c(C(F)(F)F)nc(Br)c2C1. The van der Waals surface area contributed by atoms with Crippen molar-refractivity contribution in [2.75, 3.05) is 24.1 Å². The average Bonchev–Trinajstić information content (AvgIpc) is 3.34. The predicted molar refractivity (Wildman–Crippen MR) is 136 cm³/mol. The number of sulfonamides is 1. The van der Waals surface area contributed by atoms with Gasteiger partial charge in [-0.05, 0) is 36.7 Å². The van der Waals surface area contributed by atoms with E-state index in [0.29, 0.717) is 0 Å². The van der Waals surface area contributed by atoms with Gasteiger partial charge in [0.15, 0.2) is 5.82 Å². The number of anilines is 1. The second kappa shape index (κ2) is 11.5. The zero-order valence-corrected chi connectivity index (χ0v) is 24.9. The number of amides is 2. The topological polar surface area (TPSA) is 152 Å². The van der Waals surface area contributed by atoms with Crippen LogP contribution in [0.15, 0.2) is 4.60 Å². The van der Waals surface area contributed by atoms with Gasteiger partial charge in [-0.25, -0.2) is 28.0 Å². The van der Waals surface area contributed by atoms with Crippen LogP contribution in [0.2, 0.25) is 0 Å². The Labute approximate surface area is 243 Å². The highest BCUT2D eigenvalue weighted by Gasteiger charge is 2.42. The highest BCUT2D eigenvalue weighted by atomic mass is 79.9. The Balaban J connectivity index is 0.000000247. The molecule has 13 nitrogen and oxygen atoms in total. The Morgan fingerprint density at radius 3 is 1.83 bits per heavy atom. The van der Waals surface area contributed by atoms with Gasteiger partial charge in [-0.1, -0.05) is 0 Å². The van der Waals surface area contributed by atoms with Crippen LogP contribution in [0.3, 0.4) is 0 Å². The molecule has 42 heavy (non-hydrogen) atoms. The molecule has 4 rings (SSSR count). The van der Waals surface area contributed by atoms with Gasteiger partial charge in [0.2, 0.25) is 21.7 Å². The van der Waals surface area contributed by atoms with E-state index in [-0.39, 0.29) is 55.3 Å². The highest BCUT2D eigenvalue weighted by Crippen LogP contribution is 2.35. The molecule has 0 fully saturated rings. The molecule has 0 radical (unpaired) electrons. The van der Waals surface area contributed by atoms with E-state index in [1.54, 1.807) is 20.8 Å². The van der Waals surface area contributed by atoms with E-state index in [9.17, 15) is 44.3 Å². The maximum atomic E-state index is 13.1. The lowest BCUT2D eigenvalue weighted by molar-refractivity contribution is -0.148. The van der Waals surface area contributed by atoms with E-state index >= 15 is 0 Å². The predicted octanol–water partition coefficient (Wildman–Crippen LogP) is 4.18. The summed E-state index contributed by atoms with van der Waals surface area (Å²) in [5, 5.41) is 8.78. The first-order chi connectivity index (χ1) is 19.0. The van der Waals surface area contributed by atoms with Gasteiger partial charge in [0.25, 0.3) is 0 Å². The van der Waals surface area contributed by atoms with Crippen LogP contribution in [-0.2, 0) is 53.3 Å². The monoisotopic (exact) mass is 697 g/mol. The molecule has 0 atom stereocenters. The van der Waals surface area contributed by atoms with Crippen molar-refractivity contribution in [2.24, 2.45) is 0 Å². The van der Waals surface area contributed by atoms with E-state index < -0.39 is 57.6 Å². The number of nitrogens with zero attached hydrogens (tertiary/aromatic N) is 6. The summed E-state index contributed by atoms with van der Waals surface area (Å²) in [7, 11) is -3.84. The third-order valence-electron chi connectivity index (χ3n) is 5.68. The number of hydrogen-bond donors (Lipinski definition) is 2. The highest BCUT2D eigenvalue weighted by molar-refractivity contribution is 9.10. The van der Waals surface area contributed by atoms with Crippen molar-refractivity contribution < 1.29 is 54.2 Å². The number of halogens is 7. The van der Waals surface area contributed by atoms with Crippen molar-refractivity contribution in [2.45, 2.75) is 64.9 Å². The lowest BCUT2D eigenvalue weighted by atomic mass is 10.2. The summed E-state index contributed by atoms with van der Waals surface area (Å²) in [6, 6.07) is 0. The number of hydrogen-bond acceptors (Lipinski definition) is 7. The molecule has 2 aromatic rings. The third-order valence-corrected chi connectivity index (χ3v) is 6.88.